The second-order valence-electron chi connectivity index (χ2n) is 27.6. The highest BCUT2D eigenvalue weighted by Gasteiger charge is 2.20. The van der Waals surface area contributed by atoms with Crippen molar-refractivity contribution in [2.45, 2.75) is 0 Å². The van der Waals surface area contributed by atoms with Gasteiger partial charge in [0.15, 0.2) is 0 Å². The molecule has 0 aliphatic rings. The first-order chi connectivity index (χ1) is 55.3. The van der Waals surface area contributed by atoms with Crippen LogP contribution in [0.1, 0.15) is 5.56 Å². The minimum absolute atomic E-state index is 0.0738. The molecule has 0 amide bonds. The highest BCUT2D eigenvalue weighted by molar-refractivity contribution is 5.97. The van der Waals surface area contributed by atoms with Crippen LogP contribution in [-0.2, 0) is 0 Å². The normalized spacial score (nSPS) is 10.9. The Morgan fingerprint density at radius 1 is 0.212 bits per heavy atom. The number of hydrogen-bond donors (Lipinski definition) is 0. The van der Waals surface area contributed by atoms with E-state index in [2.05, 4.69) is 341 Å². The average Bonchev–Trinajstić information content (AvgIpc) is 0.788. The number of non-ortho nitro benzene ring substituents is 2. The lowest BCUT2D eigenvalue weighted by atomic mass is 10.1. The first-order valence-corrected chi connectivity index (χ1v) is 37.2. The van der Waals surface area contributed by atoms with Crippen LogP contribution < -0.4 is 29.4 Å². The molecule has 0 spiro atoms. The molecule has 0 aliphatic carbocycles. The smallest absolute Gasteiger partial charge is 0.271 e. The molecule has 18 aromatic carbocycles. The molecule has 113 heavy (non-hydrogen) atoms. The van der Waals surface area contributed by atoms with E-state index in [0.717, 1.165) is 85.3 Å². The molecule has 13 heteroatoms. The van der Waals surface area contributed by atoms with Crippen LogP contribution in [0, 0.1) is 31.6 Å². The summed E-state index contributed by atoms with van der Waals surface area (Å²) in [5, 5.41) is 45.8. The topological polar surface area (TPSA) is 130 Å². The number of nitro benzene ring substituents is 2. The molecule has 13 nitrogen and oxygen atoms in total. The van der Waals surface area contributed by atoms with Gasteiger partial charge in [0.2, 0.25) is 0 Å². The van der Waals surface area contributed by atoms with Gasteiger partial charge in [-0.1, -0.05) is 188 Å². The van der Waals surface area contributed by atoms with Crippen molar-refractivity contribution in [2.24, 2.45) is 0 Å². The molecule has 0 aromatic heterocycles. The molecule has 0 aliphatic heterocycles. The molecule has 18 rings (SSSR count). The minimum Gasteiger partial charge on any atom is -0.345 e. The Balaban J connectivity index is 0.000000128. The maximum absolute atomic E-state index is 11.2. The van der Waals surface area contributed by atoms with Crippen molar-refractivity contribution in [3.63, 3.8) is 0 Å². The van der Waals surface area contributed by atoms with Gasteiger partial charge in [0.25, 0.3) is 11.4 Å². The molecule has 18 aromatic rings. The van der Waals surface area contributed by atoms with E-state index < -0.39 is 0 Å². The molecule has 0 unspecified atom stereocenters. The van der Waals surface area contributed by atoms with Crippen LogP contribution in [-0.4, -0.2) is 31.0 Å². The Bertz CT molecular complexity index is 6310. The number of nitrogens with zero attached hydrogens (tertiary/aromatic N) is 9. The van der Waals surface area contributed by atoms with Gasteiger partial charge >= 0.3 is 0 Å². The monoisotopic (exact) mass is 1470 g/mol. The van der Waals surface area contributed by atoms with Gasteiger partial charge in [-0.15, -0.1) is 0 Å². The lowest BCUT2D eigenvalue weighted by Crippen LogP contribution is -2.12. The Labute approximate surface area is 655 Å². The standard InChI is InChI=1S/C34H25N3.2C33H25N3O2/c1-36(30-14-10-25(24-35)11-15-30)31-18-20-32(21-19-31)37(33-16-12-26-6-2-4-8-28(26)22-33)34-17-13-27-7-3-5-9-29(27)23-34;1-34(30-11-6-12-33(23-30)36(37)38)28-17-19-29(20-18-28)35(31-15-13-24-7-2-4-9-26(24)21-31)32-16-14-25-8-3-5-10-27(25)22-32;1-34(29-16-20-31(21-17-29)36(37)38)28-14-18-30(19-15-28)35(32-12-10-24-6-2-4-8-26(24)22-32)33-13-11-25-7-3-5-9-27(25)23-33/h2-23H,1H3;2*2-23H,1H3. The average molecular weight is 1470 g/mol. The summed E-state index contributed by atoms with van der Waals surface area (Å²) >= 11 is 0. The fourth-order valence-corrected chi connectivity index (χ4v) is 14.5. The van der Waals surface area contributed by atoms with Gasteiger partial charge in [0.1, 0.15) is 0 Å². The number of nitro groups is 2. The summed E-state index contributed by atoms with van der Waals surface area (Å²) in [4.78, 5) is 34.5. The maximum Gasteiger partial charge on any atom is 0.271 e. The molecule has 0 N–H and O–H groups in total. The third kappa shape index (κ3) is 15.7. The van der Waals surface area contributed by atoms with Crippen LogP contribution >= 0.6 is 0 Å². The zero-order valence-electron chi connectivity index (χ0n) is 62.3. The van der Waals surface area contributed by atoms with Crippen molar-refractivity contribution in [1.82, 2.24) is 0 Å². The van der Waals surface area contributed by atoms with E-state index in [1.54, 1.807) is 24.3 Å². The number of nitriles is 1. The first kappa shape index (κ1) is 71.8. The van der Waals surface area contributed by atoms with Crippen LogP contribution in [0.4, 0.5) is 96.7 Å². The van der Waals surface area contributed by atoms with E-state index in [1.165, 1.54) is 82.8 Å². The molecular weight excluding hydrogens is 1390 g/mol. The van der Waals surface area contributed by atoms with Gasteiger partial charge in [-0.2, -0.15) is 5.26 Å². The number of rotatable bonds is 17. The van der Waals surface area contributed by atoms with Gasteiger partial charge < -0.3 is 29.4 Å². The Kier molecular flexibility index (Phi) is 20.5. The molecule has 0 radical (unpaired) electrons. The first-order valence-electron chi connectivity index (χ1n) is 37.2. The zero-order valence-corrected chi connectivity index (χ0v) is 62.3. The summed E-state index contributed by atoms with van der Waals surface area (Å²) in [7, 11) is 5.92. The Morgan fingerprint density at radius 2 is 0.425 bits per heavy atom. The molecule has 0 bridgehead atoms. The van der Waals surface area contributed by atoms with Crippen molar-refractivity contribution in [2.75, 3.05) is 50.5 Å². The number of benzene rings is 18. The molecule has 0 saturated carbocycles. The summed E-state index contributed by atoms with van der Waals surface area (Å²) < 4.78 is 0. The number of hydrogen-bond acceptors (Lipinski definition) is 11. The van der Waals surface area contributed by atoms with E-state index in [4.69, 9.17) is 5.26 Å². The highest BCUT2D eigenvalue weighted by atomic mass is 16.6. The summed E-state index contributed by atoms with van der Waals surface area (Å²) in [5.74, 6) is 0. The van der Waals surface area contributed by atoms with Crippen molar-refractivity contribution < 1.29 is 9.85 Å². The molecule has 544 valence electrons. The van der Waals surface area contributed by atoms with E-state index in [-0.39, 0.29) is 21.2 Å². The fourth-order valence-electron chi connectivity index (χ4n) is 14.5. The predicted octanol–water partition coefficient (Wildman–Crippen LogP) is 27.4. The second kappa shape index (κ2) is 32.2. The molecular formula is C100H75N9O4. The fraction of sp³-hybridized carbons (Fsp3) is 0.0300. The minimum atomic E-state index is -0.382. The van der Waals surface area contributed by atoms with E-state index in [0.29, 0.717) is 5.56 Å². The molecule has 0 heterocycles. The highest BCUT2D eigenvalue weighted by Crippen LogP contribution is 2.44. The summed E-state index contributed by atoms with van der Waals surface area (Å²) in [6, 6.07) is 138. The van der Waals surface area contributed by atoms with Crippen molar-refractivity contribution in [1.29, 1.82) is 5.26 Å². The Hall–Kier alpha value is -15.4. The SMILES string of the molecule is CN(c1ccc(C#N)cc1)c1ccc(N(c2ccc3ccccc3c2)c2ccc3ccccc3c2)cc1.CN(c1ccc(N(c2ccc3ccccc3c2)c2ccc3ccccc3c2)cc1)c1ccc([N+](=O)[O-])cc1.CN(c1ccc(N(c2ccc3ccccc3c2)c2ccc3ccccc3c2)cc1)c1cccc([N+](=O)[O-])c1. The molecule has 0 saturated heterocycles. The summed E-state index contributed by atoms with van der Waals surface area (Å²) in [6.45, 7) is 0. The van der Waals surface area contributed by atoms with Crippen LogP contribution in [0.15, 0.2) is 400 Å². The zero-order chi connectivity index (χ0) is 77.3. The maximum atomic E-state index is 11.2. The van der Waals surface area contributed by atoms with E-state index >= 15 is 0 Å². The lowest BCUT2D eigenvalue weighted by molar-refractivity contribution is -0.385. The van der Waals surface area contributed by atoms with Gasteiger partial charge in [-0.25, -0.2) is 0 Å². The van der Waals surface area contributed by atoms with Gasteiger partial charge in [0, 0.05) is 131 Å². The third-order valence-electron chi connectivity index (χ3n) is 20.7. The lowest BCUT2D eigenvalue weighted by Gasteiger charge is -2.27. The molecule has 0 fully saturated rings. The van der Waals surface area contributed by atoms with Gasteiger partial charge in [-0.3, -0.25) is 20.2 Å². The van der Waals surface area contributed by atoms with Crippen molar-refractivity contribution >= 4 is 161 Å². The largest absolute Gasteiger partial charge is 0.345 e. The predicted molar refractivity (Wildman–Crippen MR) is 470 cm³/mol. The summed E-state index contributed by atoms with van der Waals surface area (Å²) in [5.41, 5.74) is 16.2. The van der Waals surface area contributed by atoms with Crippen LogP contribution in [0.3, 0.4) is 0 Å². The van der Waals surface area contributed by atoms with Crippen molar-refractivity contribution in [3.8, 4) is 6.07 Å². The molecule has 0 atom stereocenters. The number of fused-ring (bicyclic) bond motifs is 6. The number of anilines is 15. The third-order valence-corrected chi connectivity index (χ3v) is 20.7. The Morgan fingerprint density at radius 3 is 0.673 bits per heavy atom. The van der Waals surface area contributed by atoms with E-state index in [9.17, 15) is 20.2 Å². The van der Waals surface area contributed by atoms with Crippen LogP contribution in [0.25, 0.3) is 64.6 Å². The van der Waals surface area contributed by atoms with Gasteiger partial charge in [0.05, 0.1) is 21.5 Å². The summed E-state index contributed by atoms with van der Waals surface area (Å²) in [6.07, 6.45) is 0. The van der Waals surface area contributed by atoms with Crippen molar-refractivity contribution in [3.05, 3.63) is 426 Å². The van der Waals surface area contributed by atoms with Crippen LogP contribution in [0.2, 0.25) is 0 Å². The van der Waals surface area contributed by atoms with E-state index in [1.807, 2.05) is 73.4 Å². The van der Waals surface area contributed by atoms with Gasteiger partial charge in [-0.05, 0) is 253 Å². The quantitative estimate of drug-likeness (QED) is 0.0638. The van der Waals surface area contributed by atoms with Crippen LogP contribution in [0.5, 0.6) is 0 Å². The second-order valence-corrected chi connectivity index (χ2v) is 27.6.